The quantitative estimate of drug-likeness (QED) is 0.843. The van der Waals surface area contributed by atoms with Gasteiger partial charge in [-0.3, -0.25) is 4.79 Å². The Morgan fingerprint density at radius 1 is 1.47 bits per heavy atom. The Balaban J connectivity index is 0.00000324. The summed E-state index contributed by atoms with van der Waals surface area (Å²) in [4.78, 5) is 21.8. The van der Waals surface area contributed by atoms with Crippen molar-refractivity contribution in [3.8, 4) is 0 Å². The molecule has 0 aliphatic carbocycles. The molecular weight excluding hydrogens is 244 g/mol. The van der Waals surface area contributed by atoms with E-state index in [4.69, 9.17) is 4.74 Å². The molecule has 1 heterocycles. The van der Waals surface area contributed by atoms with Gasteiger partial charge in [-0.2, -0.15) is 0 Å². The Morgan fingerprint density at radius 2 is 2.16 bits per heavy atom. The van der Waals surface area contributed by atoms with Crippen molar-refractivity contribution in [2.75, 3.05) is 32.2 Å². The van der Waals surface area contributed by atoms with Crippen LogP contribution in [0.15, 0.2) is 12.4 Å². The molecule has 108 valence electrons. The first-order chi connectivity index (χ1) is 8.54. The maximum absolute atomic E-state index is 11.8. The molecule has 19 heavy (non-hydrogen) atoms. The van der Waals surface area contributed by atoms with Crippen molar-refractivity contribution in [1.29, 1.82) is 0 Å². The summed E-state index contributed by atoms with van der Waals surface area (Å²) >= 11 is 0. The predicted octanol–water partition coefficient (Wildman–Crippen LogP) is 1.33. The number of rotatable bonds is 6. The standard InChI is InChI=1S/C12H20N4O2.CH4/c1-9(2)15-12(17)10-7-11(14-8-13-10)16(3)5-6-18-4;/h7-9H,5-6H2,1-4H3,(H,15,17);1H4. The van der Waals surface area contributed by atoms with Gasteiger partial charge in [0.05, 0.1) is 6.61 Å². The average Bonchev–Trinajstić information content (AvgIpc) is 2.35. The molecule has 0 atom stereocenters. The topological polar surface area (TPSA) is 67.3 Å². The van der Waals surface area contributed by atoms with Gasteiger partial charge >= 0.3 is 0 Å². The van der Waals surface area contributed by atoms with Crippen molar-refractivity contribution in [1.82, 2.24) is 15.3 Å². The van der Waals surface area contributed by atoms with E-state index < -0.39 is 0 Å². The molecule has 0 radical (unpaired) electrons. The molecule has 0 aliphatic heterocycles. The molecule has 0 unspecified atom stereocenters. The van der Waals surface area contributed by atoms with Gasteiger partial charge in [0.15, 0.2) is 0 Å². The number of aromatic nitrogens is 2. The van der Waals surface area contributed by atoms with Gasteiger partial charge in [0.1, 0.15) is 17.8 Å². The summed E-state index contributed by atoms with van der Waals surface area (Å²) in [6, 6.07) is 1.76. The van der Waals surface area contributed by atoms with Crippen LogP contribution < -0.4 is 10.2 Å². The molecule has 0 saturated carbocycles. The number of anilines is 1. The minimum absolute atomic E-state index is 0. The molecule has 0 fully saturated rings. The largest absolute Gasteiger partial charge is 0.383 e. The minimum Gasteiger partial charge on any atom is -0.383 e. The lowest BCUT2D eigenvalue weighted by atomic mass is 10.3. The van der Waals surface area contributed by atoms with E-state index in [9.17, 15) is 4.79 Å². The Bertz CT molecular complexity index is 396. The summed E-state index contributed by atoms with van der Waals surface area (Å²) in [6.07, 6.45) is 1.40. The molecule has 1 aromatic rings. The Hall–Kier alpha value is -1.69. The Morgan fingerprint density at radius 3 is 2.74 bits per heavy atom. The van der Waals surface area contributed by atoms with Gasteiger partial charge in [-0.05, 0) is 13.8 Å². The average molecular weight is 268 g/mol. The smallest absolute Gasteiger partial charge is 0.270 e. The molecule has 1 amide bonds. The lowest BCUT2D eigenvalue weighted by Crippen LogP contribution is -2.31. The van der Waals surface area contributed by atoms with Gasteiger partial charge in [0.2, 0.25) is 0 Å². The molecule has 0 saturated heterocycles. The fourth-order valence-corrected chi connectivity index (χ4v) is 1.36. The van der Waals surface area contributed by atoms with Crippen molar-refractivity contribution in [2.24, 2.45) is 0 Å². The second-order valence-corrected chi connectivity index (χ2v) is 4.30. The highest BCUT2D eigenvalue weighted by Crippen LogP contribution is 2.08. The number of ether oxygens (including phenoxy) is 1. The Kier molecular flexibility index (Phi) is 7.67. The molecule has 0 bridgehead atoms. The zero-order chi connectivity index (χ0) is 13.5. The van der Waals surface area contributed by atoms with Crippen LogP contribution in [0.2, 0.25) is 0 Å². The number of amides is 1. The summed E-state index contributed by atoms with van der Waals surface area (Å²) in [5, 5.41) is 2.80. The fourth-order valence-electron chi connectivity index (χ4n) is 1.36. The van der Waals surface area contributed by atoms with Crippen molar-refractivity contribution < 1.29 is 9.53 Å². The number of methoxy groups -OCH3 is 1. The third-order valence-corrected chi connectivity index (χ3v) is 2.33. The van der Waals surface area contributed by atoms with Crippen molar-refractivity contribution in [2.45, 2.75) is 27.3 Å². The maximum Gasteiger partial charge on any atom is 0.270 e. The van der Waals surface area contributed by atoms with Crippen LogP contribution in [0.25, 0.3) is 0 Å². The molecule has 6 heteroatoms. The molecule has 1 aromatic heterocycles. The van der Waals surface area contributed by atoms with Gasteiger partial charge in [-0.1, -0.05) is 7.43 Å². The second kappa shape index (κ2) is 8.42. The van der Waals surface area contributed by atoms with E-state index in [2.05, 4.69) is 15.3 Å². The van der Waals surface area contributed by atoms with E-state index >= 15 is 0 Å². The summed E-state index contributed by atoms with van der Waals surface area (Å²) in [5.74, 6) is 0.518. The van der Waals surface area contributed by atoms with Crippen molar-refractivity contribution >= 4 is 11.7 Å². The summed E-state index contributed by atoms with van der Waals surface area (Å²) in [6.45, 7) is 5.13. The number of nitrogens with zero attached hydrogens (tertiary/aromatic N) is 3. The van der Waals surface area contributed by atoms with Gasteiger partial charge in [0, 0.05) is 32.8 Å². The van der Waals surface area contributed by atoms with Crippen LogP contribution in [-0.4, -0.2) is 49.2 Å². The van der Waals surface area contributed by atoms with Crippen molar-refractivity contribution in [3.63, 3.8) is 0 Å². The highest BCUT2D eigenvalue weighted by molar-refractivity contribution is 5.93. The zero-order valence-electron chi connectivity index (χ0n) is 11.3. The minimum atomic E-state index is -0.186. The van der Waals surface area contributed by atoms with E-state index in [1.165, 1.54) is 6.33 Å². The number of carbonyl (C=O) groups excluding carboxylic acids is 1. The van der Waals surface area contributed by atoms with Crippen LogP contribution >= 0.6 is 0 Å². The number of hydrogen-bond acceptors (Lipinski definition) is 5. The molecule has 0 spiro atoms. The van der Waals surface area contributed by atoms with Crippen LogP contribution in [0.5, 0.6) is 0 Å². The predicted molar refractivity (Wildman–Crippen MR) is 76.5 cm³/mol. The normalized spacial score (nSPS) is 9.95. The lowest BCUT2D eigenvalue weighted by molar-refractivity contribution is 0.0938. The van der Waals surface area contributed by atoms with Crippen LogP contribution in [0, 0.1) is 0 Å². The number of nitrogens with one attached hydrogen (secondary N) is 1. The van der Waals surface area contributed by atoms with Crippen LogP contribution in [0.3, 0.4) is 0 Å². The lowest BCUT2D eigenvalue weighted by Gasteiger charge is -2.17. The number of hydrogen-bond donors (Lipinski definition) is 1. The van der Waals surface area contributed by atoms with E-state index in [1.54, 1.807) is 13.2 Å². The molecular formula is C13H24N4O2. The van der Waals surface area contributed by atoms with E-state index in [1.807, 2.05) is 25.8 Å². The summed E-state index contributed by atoms with van der Waals surface area (Å²) in [7, 11) is 3.54. The fraction of sp³-hybridized carbons (Fsp3) is 0.615. The third kappa shape index (κ3) is 5.65. The van der Waals surface area contributed by atoms with Gasteiger partial charge < -0.3 is 15.0 Å². The highest BCUT2D eigenvalue weighted by Gasteiger charge is 2.11. The van der Waals surface area contributed by atoms with Crippen LogP contribution in [0.4, 0.5) is 5.82 Å². The first kappa shape index (κ1) is 17.3. The highest BCUT2D eigenvalue weighted by atomic mass is 16.5. The molecule has 0 aromatic carbocycles. The first-order valence-electron chi connectivity index (χ1n) is 5.87. The Labute approximate surface area is 115 Å². The van der Waals surface area contributed by atoms with Crippen LogP contribution in [-0.2, 0) is 4.74 Å². The van der Waals surface area contributed by atoms with Gasteiger partial charge in [0.25, 0.3) is 5.91 Å². The van der Waals surface area contributed by atoms with E-state index in [-0.39, 0.29) is 19.4 Å². The van der Waals surface area contributed by atoms with Gasteiger partial charge in [-0.15, -0.1) is 0 Å². The van der Waals surface area contributed by atoms with E-state index in [0.29, 0.717) is 24.7 Å². The maximum atomic E-state index is 11.8. The summed E-state index contributed by atoms with van der Waals surface area (Å²) < 4.78 is 5.00. The molecule has 1 rings (SSSR count). The van der Waals surface area contributed by atoms with Crippen molar-refractivity contribution in [3.05, 3.63) is 18.1 Å². The van der Waals surface area contributed by atoms with E-state index in [0.717, 1.165) is 0 Å². The monoisotopic (exact) mass is 268 g/mol. The molecule has 1 N–H and O–H groups in total. The third-order valence-electron chi connectivity index (χ3n) is 2.33. The summed E-state index contributed by atoms with van der Waals surface area (Å²) in [5.41, 5.74) is 0.373. The molecule has 0 aliphatic rings. The number of likely N-dealkylation sites (N-methyl/N-ethyl adjacent to an activating group) is 1. The molecule has 6 nitrogen and oxygen atoms in total. The zero-order valence-corrected chi connectivity index (χ0v) is 11.3. The second-order valence-electron chi connectivity index (χ2n) is 4.30. The van der Waals surface area contributed by atoms with Crippen LogP contribution in [0.1, 0.15) is 31.8 Å². The SMILES string of the molecule is C.COCCN(C)c1cc(C(=O)NC(C)C)ncn1. The first-order valence-corrected chi connectivity index (χ1v) is 5.87. The number of carbonyl (C=O) groups is 1. The van der Waals surface area contributed by atoms with Gasteiger partial charge in [-0.25, -0.2) is 9.97 Å².